The minimum absolute atomic E-state index is 0.203. The molecule has 0 unspecified atom stereocenters. The third kappa shape index (κ3) is 4.92. The first-order chi connectivity index (χ1) is 22.7. The van der Waals surface area contributed by atoms with E-state index in [0.717, 1.165) is 0 Å². The van der Waals surface area contributed by atoms with Crippen molar-refractivity contribution in [2.75, 3.05) is 0 Å². The Labute approximate surface area is 310 Å². The summed E-state index contributed by atoms with van der Waals surface area (Å²) in [7, 11) is 0. The molecule has 4 aliphatic rings. The summed E-state index contributed by atoms with van der Waals surface area (Å²) in [6.07, 6.45) is 15.3. The van der Waals surface area contributed by atoms with E-state index < -0.39 is 15.4 Å². The molecule has 0 aliphatic heterocycles. The summed E-state index contributed by atoms with van der Waals surface area (Å²) >= 11 is -0.653. The van der Waals surface area contributed by atoms with Crippen molar-refractivity contribution in [3.8, 4) is 0 Å². The molecule has 0 nitrogen and oxygen atoms in total. The second-order valence-electron chi connectivity index (χ2n) is 20.5. The summed E-state index contributed by atoms with van der Waals surface area (Å²) < 4.78 is 3.79. The Morgan fingerprint density at radius 1 is 0.367 bits per heavy atom. The van der Waals surface area contributed by atoms with Gasteiger partial charge in [-0.15, -0.1) is 0 Å². The van der Waals surface area contributed by atoms with Crippen LogP contribution in [0.1, 0.15) is 232 Å². The summed E-state index contributed by atoms with van der Waals surface area (Å²) in [4.78, 5) is 0. The molecule has 0 amide bonds. The van der Waals surface area contributed by atoms with E-state index in [0.29, 0.717) is 21.7 Å². The van der Waals surface area contributed by atoms with E-state index in [9.17, 15) is 0 Å². The van der Waals surface area contributed by atoms with E-state index in [1.165, 1.54) is 77.0 Å². The molecule has 2 aromatic rings. The molecule has 6 rings (SSSR count). The number of hydrogen-bond donors (Lipinski definition) is 0. The molecule has 4 aliphatic carbocycles. The molecular weight excluding hydrogens is 649 g/mol. The normalized spacial score (nSPS) is 24.8. The molecule has 2 radical (unpaired) electrons. The van der Waals surface area contributed by atoms with Crippen molar-refractivity contribution in [3.05, 3.63) is 56.6 Å². The molecule has 1 heteroatoms. The Bertz CT molecular complexity index is 1390. The fraction of sp³-hybridized carbons (Fsp3) is 0.750. The average molecular weight is 724 g/mol. The third-order valence-corrected chi connectivity index (χ3v) is 19.6. The second kappa shape index (κ2) is 11.7. The number of benzene rings is 2. The molecule has 49 heavy (non-hydrogen) atoms. The maximum absolute atomic E-state index is 2.86. The van der Waals surface area contributed by atoms with Crippen LogP contribution in [-0.4, -0.2) is 15.4 Å². The van der Waals surface area contributed by atoms with E-state index in [-0.39, 0.29) is 21.7 Å². The van der Waals surface area contributed by atoms with Crippen molar-refractivity contribution in [3.63, 3.8) is 0 Å². The Balaban J connectivity index is 1.81. The number of fused-ring (bicyclic) bond motifs is 4. The molecule has 0 heterocycles. The van der Waals surface area contributed by atoms with E-state index in [1.807, 2.05) is 31.0 Å². The monoisotopic (exact) mass is 725 g/mol. The fourth-order valence-electron chi connectivity index (χ4n) is 13.9. The molecular formula is C48H74Ge. The van der Waals surface area contributed by atoms with Gasteiger partial charge >= 0.3 is 312 Å². The van der Waals surface area contributed by atoms with Gasteiger partial charge in [0.05, 0.1) is 0 Å². The molecule has 0 saturated heterocycles. The van der Waals surface area contributed by atoms with Gasteiger partial charge in [-0.05, 0) is 0 Å². The predicted molar refractivity (Wildman–Crippen MR) is 218 cm³/mol. The van der Waals surface area contributed by atoms with Gasteiger partial charge in [0.25, 0.3) is 0 Å². The van der Waals surface area contributed by atoms with Crippen LogP contribution in [0.5, 0.6) is 0 Å². The molecule has 0 spiro atoms. The van der Waals surface area contributed by atoms with Crippen molar-refractivity contribution in [1.82, 2.24) is 0 Å². The van der Waals surface area contributed by atoms with Crippen LogP contribution < -0.4 is 8.79 Å². The van der Waals surface area contributed by atoms with Crippen molar-refractivity contribution in [1.29, 1.82) is 0 Å². The molecule has 270 valence electrons. The van der Waals surface area contributed by atoms with Gasteiger partial charge in [0.15, 0.2) is 0 Å². The standard InChI is InChI=1S/C48H74Ge/c1-17-45(18-2)27-41(9,10)35-31(45)25-32-36(42(11,12)28-46(32,19-3)20-4)39(35)49-40-37-33(47(21-5,22-6)29-43(37,13)14)26-34-38(40)44(15,16)30-48(34,23-7)24-8/h25-26H,17-24,27-30H2,1-16H3. The average Bonchev–Trinajstić information content (AvgIpc) is 3.64. The quantitative estimate of drug-likeness (QED) is 0.214. The Kier molecular flexibility index (Phi) is 9.04. The Hall–Kier alpha value is -1.02. The van der Waals surface area contributed by atoms with Gasteiger partial charge in [-0.2, -0.15) is 0 Å². The van der Waals surface area contributed by atoms with Crippen LogP contribution in [0.2, 0.25) is 0 Å². The molecule has 2 aromatic carbocycles. The molecule has 0 fully saturated rings. The van der Waals surface area contributed by atoms with Gasteiger partial charge < -0.3 is 0 Å². The van der Waals surface area contributed by atoms with Gasteiger partial charge in [-0.3, -0.25) is 0 Å². The van der Waals surface area contributed by atoms with Crippen molar-refractivity contribution < 1.29 is 0 Å². The number of hydrogen-bond acceptors (Lipinski definition) is 0. The van der Waals surface area contributed by atoms with Crippen molar-refractivity contribution in [2.24, 2.45) is 0 Å². The van der Waals surface area contributed by atoms with E-state index >= 15 is 0 Å². The van der Waals surface area contributed by atoms with Gasteiger partial charge in [0.2, 0.25) is 0 Å². The first kappa shape index (κ1) is 37.7. The third-order valence-electron chi connectivity index (χ3n) is 16.4. The first-order valence-corrected chi connectivity index (χ1v) is 23.1. The van der Waals surface area contributed by atoms with Crippen LogP contribution in [0.25, 0.3) is 0 Å². The first-order valence-electron chi connectivity index (χ1n) is 21.0. The van der Waals surface area contributed by atoms with Crippen LogP contribution >= 0.6 is 0 Å². The van der Waals surface area contributed by atoms with E-state index in [4.69, 9.17) is 0 Å². The maximum atomic E-state index is 2.86. The zero-order chi connectivity index (χ0) is 36.4. The summed E-state index contributed by atoms with van der Waals surface area (Å²) in [5.41, 5.74) is 16.4. The Morgan fingerprint density at radius 3 is 0.714 bits per heavy atom. The number of rotatable bonds is 10. The van der Waals surface area contributed by atoms with Crippen LogP contribution in [0, 0.1) is 0 Å². The second-order valence-corrected chi connectivity index (χ2v) is 23.1. The predicted octanol–water partition coefficient (Wildman–Crippen LogP) is 12.3. The zero-order valence-corrected chi connectivity index (χ0v) is 37.2. The van der Waals surface area contributed by atoms with Gasteiger partial charge in [-0.25, -0.2) is 0 Å². The molecule has 0 atom stereocenters. The summed E-state index contributed by atoms with van der Waals surface area (Å²) in [6.45, 7) is 41.1. The molecule has 0 N–H and O–H groups in total. The van der Waals surface area contributed by atoms with Crippen LogP contribution in [0.15, 0.2) is 12.1 Å². The fourth-order valence-corrected chi connectivity index (χ4v) is 19.4. The SMILES string of the molecule is CCC1(CC)CC(C)(C)c2c1cc1c([c]2[Ge][c]2c3c(cc4c2C(C)(C)CC4(CC)CC)C(CC)(CC)CC3(C)C)C(C)(C)CC1(CC)CC. The Morgan fingerprint density at radius 2 is 0.551 bits per heavy atom. The van der Waals surface area contributed by atoms with Crippen molar-refractivity contribution >= 4 is 24.2 Å². The zero-order valence-electron chi connectivity index (χ0n) is 35.1. The minimum atomic E-state index is -0.653. The van der Waals surface area contributed by atoms with E-state index in [1.54, 1.807) is 22.3 Å². The van der Waals surface area contributed by atoms with Crippen LogP contribution in [0.3, 0.4) is 0 Å². The summed E-state index contributed by atoms with van der Waals surface area (Å²) in [5, 5.41) is 0. The van der Waals surface area contributed by atoms with Gasteiger partial charge in [-0.1, -0.05) is 0 Å². The molecule has 0 aromatic heterocycles. The molecule has 0 bridgehead atoms. The molecule has 0 saturated carbocycles. The van der Waals surface area contributed by atoms with Gasteiger partial charge in [0.1, 0.15) is 0 Å². The summed E-state index contributed by atoms with van der Waals surface area (Å²) in [5.74, 6) is 0. The summed E-state index contributed by atoms with van der Waals surface area (Å²) in [6, 6.07) is 5.71. The van der Waals surface area contributed by atoms with Crippen LogP contribution in [0.4, 0.5) is 0 Å². The van der Waals surface area contributed by atoms with Crippen molar-refractivity contribution in [2.45, 2.75) is 231 Å². The van der Waals surface area contributed by atoms with Gasteiger partial charge in [0, 0.05) is 0 Å². The topological polar surface area (TPSA) is 0 Å². The van der Waals surface area contributed by atoms with E-state index in [2.05, 4.69) is 123 Å². The van der Waals surface area contributed by atoms with Crippen LogP contribution in [-0.2, 0) is 43.3 Å².